The first-order valence-electron chi connectivity index (χ1n) is 13.5. The number of alkyl halides is 1. The highest BCUT2D eigenvalue weighted by Gasteiger charge is 2.76. The van der Waals surface area contributed by atoms with E-state index in [4.69, 9.17) is 4.74 Å². The highest BCUT2D eigenvalue weighted by molar-refractivity contribution is 9.09. The quantitative estimate of drug-likeness (QED) is 0.362. The van der Waals surface area contributed by atoms with E-state index in [1.54, 1.807) is 0 Å². The molecule has 0 aliphatic carbocycles. The number of carbonyl (C=O) groups excluding carboxylic acids is 3. The van der Waals surface area contributed by atoms with E-state index in [2.05, 4.69) is 45.3 Å². The van der Waals surface area contributed by atoms with Gasteiger partial charge < -0.3 is 30.3 Å². The van der Waals surface area contributed by atoms with Gasteiger partial charge in [-0.2, -0.15) is 0 Å². The van der Waals surface area contributed by atoms with E-state index in [0.717, 1.165) is 24.3 Å². The number of benzene rings is 2. The predicted octanol–water partition coefficient (Wildman–Crippen LogP) is 2.53. The van der Waals surface area contributed by atoms with Gasteiger partial charge in [0.2, 0.25) is 17.7 Å². The number of halogens is 1. The predicted molar refractivity (Wildman–Crippen MR) is 151 cm³/mol. The van der Waals surface area contributed by atoms with Gasteiger partial charge in [-0.15, -0.1) is 0 Å². The number of anilines is 2. The number of amides is 3. The molecular weight excluding hydrogens is 564 g/mol. The molecular formula is C29H35BrN4O5. The number of β-amino-alcohol motifs (C(OH)–C–C–N with tert-alkyl or cyclic N) is 1. The highest BCUT2D eigenvalue weighted by Crippen LogP contribution is 2.60. The molecule has 2 aromatic carbocycles. The third-order valence-electron chi connectivity index (χ3n) is 8.25. The maximum atomic E-state index is 13.8. The van der Waals surface area contributed by atoms with Crippen LogP contribution in [0, 0.1) is 11.8 Å². The van der Waals surface area contributed by atoms with Crippen LogP contribution in [0.25, 0.3) is 0 Å². The second-order valence-corrected chi connectivity index (χ2v) is 11.5. The van der Waals surface area contributed by atoms with E-state index in [1.807, 2.05) is 54.6 Å². The lowest BCUT2D eigenvalue weighted by atomic mass is 9.70. The molecule has 1 spiro atoms. The molecule has 0 aromatic heterocycles. The minimum atomic E-state index is -1.16. The van der Waals surface area contributed by atoms with Crippen LogP contribution in [0.15, 0.2) is 54.6 Å². The highest BCUT2D eigenvalue weighted by atomic mass is 79.9. The van der Waals surface area contributed by atoms with Crippen LogP contribution in [0.5, 0.6) is 0 Å². The normalized spacial score (nSPS) is 28.9. The number of carbonyl (C=O) groups is 3. The smallest absolute Gasteiger partial charge is 0.250 e. The van der Waals surface area contributed by atoms with Crippen molar-refractivity contribution in [3.05, 3.63) is 60.2 Å². The Hall–Kier alpha value is -2.95. The van der Waals surface area contributed by atoms with E-state index in [-0.39, 0.29) is 35.7 Å². The maximum Gasteiger partial charge on any atom is 0.250 e. The monoisotopic (exact) mass is 598 g/mol. The topological polar surface area (TPSA) is 111 Å². The number of rotatable bonds is 10. The van der Waals surface area contributed by atoms with Gasteiger partial charge in [0.1, 0.15) is 11.6 Å². The summed E-state index contributed by atoms with van der Waals surface area (Å²) >= 11 is 3.67. The van der Waals surface area contributed by atoms with Gasteiger partial charge in [0, 0.05) is 42.4 Å². The summed E-state index contributed by atoms with van der Waals surface area (Å²) in [5, 5.41) is 15.7. The van der Waals surface area contributed by atoms with Crippen LogP contribution in [0.3, 0.4) is 0 Å². The van der Waals surface area contributed by atoms with Crippen LogP contribution >= 0.6 is 15.9 Å². The average molecular weight is 600 g/mol. The van der Waals surface area contributed by atoms with Crippen LogP contribution in [0.4, 0.5) is 11.4 Å². The number of aliphatic hydroxyl groups is 1. The number of nitrogens with one attached hydrogen (secondary N) is 2. The van der Waals surface area contributed by atoms with Gasteiger partial charge in [0.25, 0.3) is 0 Å². The summed E-state index contributed by atoms with van der Waals surface area (Å²) in [6.45, 7) is 5.93. The van der Waals surface area contributed by atoms with Crippen molar-refractivity contribution in [3.8, 4) is 0 Å². The third kappa shape index (κ3) is 4.83. The van der Waals surface area contributed by atoms with E-state index < -0.39 is 29.6 Å². The Balaban J connectivity index is 1.39. The van der Waals surface area contributed by atoms with Crippen molar-refractivity contribution in [1.82, 2.24) is 10.2 Å². The summed E-state index contributed by atoms with van der Waals surface area (Å²) in [5.74, 6) is -2.54. The summed E-state index contributed by atoms with van der Waals surface area (Å²) in [4.78, 5) is 44.4. The third-order valence-corrected chi connectivity index (χ3v) is 9.10. The first-order chi connectivity index (χ1) is 18.8. The van der Waals surface area contributed by atoms with Crippen LogP contribution in [-0.4, -0.2) is 76.5 Å². The summed E-state index contributed by atoms with van der Waals surface area (Å²) in [6.07, 6.45) is -0.119. The van der Waals surface area contributed by atoms with Crippen LogP contribution in [-0.2, 0) is 25.7 Å². The SMILES string of the molecule is CCN(CC)c1ccc(NC(=O)C2N(CCO)C(=O)[C@@H]3[C@H](C(=O)NCc4ccccc4)[C@H]4OC23CC4Br)cc1. The van der Waals surface area contributed by atoms with E-state index >= 15 is 0 Å². The number of aliphatic hydroxyl groups excluding tert-OH is 1. The fourth-order valence-electron chi connectivity index (χ4n) is 6.54. The van der Waals surface area contributed by atoms with Crippen molar-refractivity contribution in [2.24, 2.45) is 11.8 Å². The molecule has 3 unspecified atom stereocenters. The molecule has 10 heteroatoms. The van der Waals surface area contributed by atoms with Crippen molar-refractivity contribution in [3.63, 3.8) is 0 Å². The summed E-state index contributed by atoms with van der Waals surface area (Å²) in [5.41, 5.74) is 1.44. The number of hydrogen-bond donors (Lipinski definition) is 3. The largest absolute Gasteiger partial charge is 0.395 e. The first kappa shape index (κ1) is 27.6. The molecule has 3 heterocycles. The standard InChI is InChI=1S/C29H35BrN4O5/c1-3-33(4-2)20-12-10-19(11-13-20)32-27(37)25-29-16-21(30)24(39-29)22(23(29)28(38)34(25)14-15-35)26(36)31-17-18-8-6-5-7-9-18/h5-13,21-25,35H,3-4,14-17H2,1-2H3,(H,31,36)(H,32,37)/t21?,22-,23-,24-,25?,29?/m0/s1. The molecule has 2 aromatic rings. The fraction of sp³-hybridized carbons (Fsp3) is 0.483. The van der Waals surface area contributed by atoms with Crippen molar-refractivity contribution in [2.45, 2.75) is 49.4 Å². The van der Waals surface area contributed by atoms with Gasteiger partial charge in [0.05, 0.1) is 24.5 Å². The lowest BCUT2D eigenvalue weighted by molar-refractivity contribution is -0.141. The fourth-order valence-corrected chi connectivity index (χ4v) is 7.48. The molecule has 0 radical (unpaired) electrons. The van der Waals surface area contributed by atoms with E-state index in [0.29, 0.717) is 18.7 Å². The maximum absolute atomic E-state index is 13.8. The Morgan fingerprint density at radius 2 is 1.79 bits per heavy atom. The number of ether oxygens (including phenoxy) is 1. The summed E-state index contributed by atoms with van der Waals surface area (Å²) in [6, 6.07) is 16.2. The molecule has 208 valence electrons. The van der Waals surface area contributed by atoms with Crippen molar-refractivity contribution < 1.29 is 24.2 Å². The summed E-state index contributed by atoms with van der Waals surface area (Å²) in [7, 11) is 0. The molecule has 0 saturated carbocycles. The zero-order valence-electron chi connectivity index (χ0n) is 22.2. The molecule has 3 fully saturated rings. The van der Waals surface area contributed by atoms with Gasteiger partial charge in [0.15, 0.2) is 0 Å². The Morgan fingerprint density at radius 1 is 1.10 bits per heavy atom. The van der Waals surface area contributed by atoms with Crippen LogP contribution in [0.1, 0.15) is 25.8 Å². The zero-order chi connectivity index (χ0) is 27.7. The summed E-state index contributed by atoms with van der Waals surface area (Å²) < 4.78 is 6.46. The van der Waals surface area contributed by atoms with Gasteiger partial charge in [-0.25, -0.2) is 0 Å². The number of hydrogen-bond acceptors (Lipinski definition) is 6. The molecule has 9 nitrogen and oxygen atoms in total. The van der Waals surface area contributed by atoms with Gasteiger partial charge in [-0.3, -0.25) is 14.4 Å². The molecule has 3 aliphatic heterocycles. The molecule has 6 atom stereocenters. The van der Waals surface area contributed by atoms with Crippen molar-refractivity contribution >= 4 is 45.0 Å². The average Bonchev–Trinajstić information content (AvgIpc) is 3.53. The Kier molecular flexibility index (Phi) is 7.98. The molecule has 3 amide bonds. The number of fused-ring (bicyclic) bond motifs is 1. The minimum Gasteiger partial charge on any atom is -0.395 e. The van der Waals surface area contributed by atoms with Crippen molar-refractivity contribution in [1.29, 1.82) is 0 Å². The first-order valence-corrected chi connectivity index (χ1v) is 14.5. The lowest BCUT2D eigenvalue weighted by Crippen LogP contribution is -2.54. The van der Waals surface area contributed by atoms with Gasteiger partial charge in [-0.05, 0) is 50.1 Å². The minimum absolute atomic E-state index is 0.0185. The van der Waals surface area contributed by atoms with Gasteiger partial charge in [-0.1, -0.05) is 46.3 Å². The lowest BCUT2D eigenvalue weighted by Gasteiger charge is -2.34. The Labute approximate surface area is 237 Å². The number of nitrogens with zero attached hydrogens (tertiary/aromatic N) is 2. The molecule has 3 saturated heterocycles. The zero-order valence-corrected chi connectivity index (χ0v) is 23.8. The molecule has 3 N–H and O–H groups in total. The van der Waals surface area contributed by atoms with E-state index in [1.165, 1.54) is 4.90 Å². The Morgan fingerprint density at radius 3 is 2.44 bits per heavy atom. The van der Waals surface area contributed by atoms with Crippen molar-refractivity contribution in [2.75, 3.05) is 36.5 Å². The van der Waals surface area contributed by atoms with Gasteiger partial charge >= 0.3 is 0 Å². The second-order valence-electron chi connectivity index (χ2n) is 10.3. The van der Waals surface area contributed by atoms with Crippen LogP contribution in [0.2, 0.25) is 0 Å². The number of likely N-dealkylation sites (tertiary alicyclic amines) is 1. The molecule has 3 aliphatic rings. The molecule has 2 bridgehead atoms. The molecule has 5 rings (SSSR count). The Bertz CT molecular complexity index is 1210. The van der Waals surface area contributed by atoms with Crippen LogP contribution < -0.4 is 15.5 Å². The van der Waals surface area contributed by atoms with E-state index in [9.17, 15) is 19.5 Å². The second kappa shape index (κ2) is 11.3. The molecule has 39 heavy (non-hydrogen) atoms.